The Morgan fingerprint density at radius 3 is 2.65 bits per heavy atom. The second-order valence-electron chi connectivity index (χ2n) is 6.07. The van der Waals surface area contributed by atoms with Gasteiger partial charge in [0.25, 0.3) is 5.91 Å². The molecular weight excluding hydrogens is 294 g/mol. The van der Waals surface area contributed by atoms with Crippen LogP contribution in [-0.4, -0.2) is 27.5 Å². The maximum atomic E-state index is 12.7. The monoisotopic (exact) mass is 313 g/mol. The average Bonchev–Trinajstić information content (AvgIpc) is 3.04. The predicted molar refractivity (Wildman–Crippen MR) is 83.5 cm³/mol. The third-order valence-corrected chi connectivity index (χ3v) is 4.10. The van der Waals surface area contributed by atoms with Crippen LogP contribution in [0.4, 0.5) is 4.79 Å². The molecule has 1 saturated heterocycles. The van der Waals surface area contributed by atoms with Gasteiger partial charge in [0.1, 0.15) is 17.0 Å². The van der Waals surface area contributed by atoms with Gasteiger partial charge in [-0.05, 0) is 32.3 Å². The largest absolute Gasteiger partial charge is 0.361 e. The number of carbonyl (C=O) groups excluding carboxylic acids is 2. The van der Waals surface area contributed by atoms with Gasteiger partial charge in [-0.3, -0.25) is 9.69 Å². The summed E-state index contributed by atoms with van der Waals surface area (Å²) in [6, 6.07) is 11.3. The van der Waals surface area contributed by atoms with Crippen molar-refractivity contribution in [3.8, 4) is 0 Å². The van der Waals surface area contributed by atoms with Crippen LogP contribution in [0.25, 0.3) is 0 Å². The van der Waals surface area contributed by atoms with E-state index in [9.17, 15) is 9.59 Å². The molecule has 1 fully saturated rings. The number of aromatic nitrogens is 1. The van der Waals surface area contributed by atoms with Crippen molar-refractivity contribution in [3.63, 3.8) is 0 Å². The number of carbonyl (C=O) groups is 2. The third-order valence-electron chi connectivity index (χ3n) is 4.10. The van der Waals surface area contributed by atoms with Crippen molar-refractivity contribution in [2.24, 2.45) is 0 Å². The van der Waals surface area contributed by atoms with Crippen molar-refractivity contribution in [2.45, 2.75) is 38.8 Å². The van der Waals surface area contributed by atoms with E-state index < -0.39 is 5.54 Å². The summed E-state index contributed by atoms with van der Waals surface area (Å²) in [5.74, 6) is 0.429. The second-order valence-corrected chi connectivity index (χ2v) is 6.07. The summed E-state index contributed by atoms with van der Waals surface area (Å²) in [5.41, 5.74) is 0.825. The number of amides is 3. The molecule has 1 aromatic carbocycles. The Bertz CT molecular complexity index is 726. The van der Waals surface area contributed by atoms with Gasteiger partial charge < -0.3 is 9.84 Å². The van der Waals surface area contributed by atoms with Gasteiger partial charge in [-0.2, -0.15) is 0 Å². The number of urea groups is 1. The Hall–Kier alpha value is -2.63. The lowest BCUT2D eigenvalue weighted by atomic mass is 9.93. The Balaban J connectivity index is 1.69. The van der Waals surface area contributed by atoms with E-state index in [1.807, 2.05) is 30.3 Å². The first kappa shape index (κ1) is 15.3. The molecule has 0 unspecified atom stereocenters. The van der Waals surface area contributed by atoms with Gasteiger partial charge in [0.15, 0.2) is 0 Å². The van der Waals surface area contributed by atoms with Crippen molar-refractivity contribution in [3.05, 3.63) is 53.4 Å². The minimum Gasteiger partial charge on any atom is -0.361 e. The molecule has 0 aliphatic carbocycles. The first-order valence-electron chi connectivity index (χ1n) is 7.58. The average molecular weight is 313 g/mol. The molecule has 23 heavy (non-hydrogen) atoms. The second kappa shape index (κ2) is 5.87. The fraction of sp³-hybridized carbons (Fsp3) is 0.353. The van der Waals surface area contributed by atoms with Crippen LogP contribution in [0.2, 0.25) is 0 Å². The number of imide groups is 1. The quantitative estimate of drug-likeness (QED) is 0.860. The topological polar surface area (TPSA) is 75.4 Å². The molecular formula is C17H19N3O3. The minimum atomic E-state index is -0.883. The van der Waals surface area contributed by atoms with Crippen LogP contribution in [0.1, 0.15) is 30.4 Å². The zero-order chi connectivity index (χ0) is 16.4. The molecule has 0 radical (unpaired) electrons. The number of nitrogens with one attached hydrogen (secondary N) is 1. The molecule has 0 bridgehead atoms. The molecule has 3 amide bonds. The standard InChI is InChI=1S/C17H19N3O3/c1-12-10-14(19-23-12)11-20-15(21)17(2,18-16(20)22)9-8-13-6-4-3-5-7-13/h3-7,10H,8-9,11H2,1-2H3,(H,18,22)/t17-/m0/s1. The van der Waals surface area contributed by atoms with Gasteiger partial charge in [0.2, 0.25) is 0 Å². The van der Waals surface area contributed by atoms with Gasteiger partial charge in [0, 0.05) is 6.07 Å². The van der Waals surface area contributed by atoms with Crippen molar-refractivity contribution >= 4 is 11.9 Å². The summed E-state index contributed by atoms with van der Waals surface area (Å²) in [6.07, 6.45) is 1.27. The van der Waals surface area contributed by atoms with Crippen LogP contribution < -0.4 is 5.32 Å². The Kier molecular flexibility index (Phi) is 3.90. The summed E-state index contributed by atoms with van der Waals surface area (Å²) in [5, 5.41) is 6.65. The van der Waals surface area contributed by atoms with Crippen LogP contribution in [0, 0.1) is 6.92 Å². The van der Waals surface area contributed by atoms with Crippen molar-refractivity contribution in [1.82, 2.24) is 15.4 Å². The zero-order valence-electron chi connectivity index (χ0n) is 13.2. The number of rotatable bonds is 5. The number of hydrogen-bond acceptors (Lipinski definition) is 4. The lowest BCUT2D eigenvalue weighted by Gasteiger charge is -2.21. The zero-order valence-corrected chi connectivity index (χ0v) is 13.2. The van der Waals surface area contributed by atoms with Crippen LogP contribution in [0.5, 0.6) is 0 Å². The summed E-state index contributed by atoms with van der Waals surface area (Å²) < 4.78 is 4.98. The van der Waals surface area contributed by atoms with E-state index >= 15 is 0 Å². The number of aryl methyl sites for hydroxylation is 2. The van der Waals surface area contributed by atoms with E-state index in [1.54, 1.807) is 19.9 Å². The molecule has 6 nitrogen and oxygen atoms in total. The normalized spacial score (nSPS) is 20.9. The number of nitrogens with zero attached hydrogens (tertiary/aromatic N) is 2. The summed E-state index contributed by atoms with van der Waals surface area (Å²) in [7, 11) is 0. The molecule has 2 heterocycles. The maximum absolute atomic E-state index is 12.7. The van der Waals surface area contributed by atoms with Gasteiger partial charge in [-0.25, -0.2) is 4.79 Å². The molecule has 6 heteroatoms. The van der Waals surface area contributed by atoms with E-state index in [-0.39, 0.29) is 18.5 Å². The Morgan fingerprint density at radius 2 is 2.00 bits per heavy atom. The fourth-order valence-corrected chi connectivity index (χ4v) is 2.75. The summed E-state index contributed by atoms with van der Waals surface area (Å²) in [6.45, 7) is 3.67. The first-order valence-corrected chi connectivity index (χ1v) is 7.58. The number of benzene rings is 1. The summed E-state index contributed by atoms with van der Waals surface area (Å²) in [4.78, 5) is 26.0. The molecule has 1 atom stereocenters. The van der Waals surface area contributed by atoms with Crippen molar-refractivity contribution in [1.29, 1.82) is 0 Å². The molecule has 2 aromatic rings. The van der Waals surface area contributed by atoms with Gasteiger partial charge in [-0.15, -0.1) is 0 Å². The van der Waals surface area contributed by atoms with Crippen molar-refractivity contribution < 1.29 is 14.1 Å². The Labute approximate surface area is 134 Å². The van der Waals surface area contributed by atoms with Gasteiger partial charge >= 0.3 is 6.03 Å². The molecule has 1 aliphatic rings. The van der Waals surface area contributed by atoms with Crippen molar-refractivity contribution in [2.75, 3.05) is 0 Å². The highest BCUT2D eigenvalue weighted by Crippen LogP contribution is 2.24. The van der Waals surface area contributed by atoms with Crippen LogP contribution in [-0.2, 0) is 17.8 Å². The van der Waals surface area contributed by atoms with E-state index in [0.717, 1.165) is 12.0 Å². The van der Waals surface area contributed by atoms with E-state index in [1.165, 1.54) is 4.90 Å². The molecule has 120 valence electrons. The number of hydrogen-bond donors (Lipinski definition) is 1. The summed E-state index contributed by atoms with van der Waals surface area (Å²) >= 11 is 0. The molecule has 0 spiro atoms. The predicted octanol–water partition coefficient (Wildman–Crippen LogP) is 2.43. The lowest BCUT2D eigenvalue weighted by molar-refractivity contribution is -0.131. The maximum Gasteiger partial charge on any atom is 0.325 e. The third kappa shape index (κ3) is 3.11. The van der Waals surface area contributed by atoms with Crippen LogP contribution in [0.3, 0.4) is 0 Å². The lowest BCUT2D eigenvalue weighted by Crippen LogP contribution is -2.44. The molecule has 1 aromatic heterocycles. The smallest absolute Gasteiger partial charge is 0.325 e. The molecule has 0 saturated carbocycles. The fourth-order valence-electron chi connectivity index (χ4n) is 2.75. The molecule has 3 rings (SSSR count). The minimum absolute atomic E-state index is 0.128. The first-order chi connectivity index (χ1) is 11.0. The van der Waals surface area contributed by atoms with Crippen LogP contribution in [0.15, 0.2) is 40.9 Å². The highest BCUT2D eigenvalue weighted by atomic mass is 16.5. The van der Waals surface area contributed by atoms with E-state index in [4.69, 9.17) is 4.52 Å². The van der Waals surface area contributed by atoms with Gasteiger partial charge in [-0.1, -0.05) is 35.5 Å². The molecule has 1 aliphatic heterocycles. The van der Waals surface area contributed by atoms with Crippen LogP contribution >= 0.6 is 0 Å². The van der Waals surface area contributed by atoms with Gasteiger partial charge in [0.05, 0.1) is 6.54 Å². The highest BCUT2D eigenvalue weighted by molar-refractivity contribution is 6.06. The Morgan fingerprint density at radius 1 is 1.26 bits per heavy atom. The molecule has 1 N–H and O–H groups in total. The van der Waals surface area contributed by atoms with E-state index in [2.05, 4.69) is 10.5 Å². The highest BCUT2D eigenvalue weighted by Gasteiger charge is 2.47. The SMILES string of the molecule is Cc1cc(CN2C(=O)N[C@@](C)(CCc3ccccc3)C2=O)no1. The van der Waals surface area contributed by atoms with E-state index in [0.29, 0.717) is 17.9 Å².